The number of aromatic nitrogens is 6. The van der Waals surface area contributed by atoms with Crippen LogP contribution in [0.3, 0.4) is 0 Å². The van der Waals surface area contributed by atoms with Gasteiger partial charge in [0.05, 0.1) is 58.9 Å². The fourth-order valence-electron chi connectivity index (χ4n) is 13.1. The van der Waals surface area contributed by atoms with Gasteiger partial charge in [-0.05, 0) is 88.5 Å². The number of carbonyl (C=O) groups is 4. The predicted octanol–water partition coefficient (Wildman–Crippen LogP) is 6.04. The summed E-state index contributed by atoms with van der Waals surface area (Å²) in [5.74, 6) is -0.157. The van der Waals surface area contributed by atoms with Gasteiger partial charge in [-0.15, -0.1) is 16.4 Å². The number of anilines is 1. The van der Waals surface area contributed by atoms with Gasteiger partial charge in [0.2, 0.25) is 5.91 Å². The van der Waals surface area contributed by atoms with Crippen LogP contribution in [0.25, 0.3) is 33.4 Å². The van der Waals surface area contributed by atoms with Crippen LogP contribution in [0.2, 0.25) is 0 Å². The molecule has 4 saturated heterocycles. The van der Waals surface area contributed by atoms with Crippen LogP contribution >= 0.6 is 11.3 Å². The highest BCUT2D eigenvalue weighted by Gasteiger charge is 2.57. The Morgan fingerprint density at radius 3 is 2.49 bits per heavy atom. The summed E-state index contributed by atoms with van der Waals surface area (Å²) in [7, 11) is 1.73. The molecule has 8 heterocycles. The number of rotatable bonds is 19. The van der Waals surface area contributed by atoms with Gasteiger partial charge in [0.1, 0.15) is 12.1 Å². The van der Waals surface area contributed by atoms with Crippen LogP contribution in [0.5, 0.6) is 0 Å². The van der Waals surface area contributed by atoms with E-state index in [1.54, 1.807) is 17.0 Å². The first-order valence-corrected chi connectivity index (χ1v) is 29.0. The summed E-state index contributed by atoms with van der Waals surface area (Å²) in [6.45, 7) is 17.6. The van der Waals surface area contributed by atoms with E-state index in [1.807, 2.05) is 24.6 Å². The van der Waals surface area contributed by atoms with Crippen molar-refractivity contribution in [2.45, 2.75) is 123 Å². The molecule has 414 valence electrons. The van der Waals surface area contributed by atoms with Crippen molar-refractivity contribution in [1.82, 2.24) is 60.0 Å². The number of nitrogens with zero attached hydrogens (tertiary/aromatic N) is 12. The Morgan fingerprint density at radius 1 is 1.03 bits per heavy atom. The number of nitrogens with one attached hydrogen (secondary N) is 2. The molecule has 0 radical (unpaired) electrons. The van der Waals surface area contributed by atoms with Crippen LogP contribution in [0.4, 0.5) is 10.5 Å². The van der Waals surface area contributed by atoms with Gasteiger partial charge in [-0.1, -0.05) is 38.0 Å². The lowest BCUT2D eigenvalue weighted by atomic mass is 9.71. The standard InChI is InChI=1S/C57H74N14O6S/c1-6-69-48-16-13-39(23-43(48)45(26-56(3,4)35-77-36-72)52(69)44-24-42(28-59-50(44)37(2)76-5)66-21-19-65(20-22-66)41-14-15-41)47-30-78-49(61-47)25-46(54(74)70-18-10-9-17-60-70)62-53(73)51(38-11-7-8-12-38)67-31-57(32-67)33-68(34-57)55(75)71-29-40(27-58)63-64-71/h13,16,23-24,28-30,36-38,41,46,51,60H,6-12,14-15,17-22,25-26,31-35H2,1-5H3,(H,62,73). The number of hydrogen-bond donors (Lipinski definition) is 2. The zero-order valence-electron chi connectivity index (χ0n) is 45.8. The first-order chi connectivity index (χ1) is 37.8. The molecule has 2 saturated carbocycles. The molecule has 5 aromatic rings. The van der Waals surface area contributed by atoms with Gasteiger partial charge in [-0.2, -0.15) is 9.94 Å². The number of nitriles is 1. The van der Waals surface area contributed by atoms with E-state index in [2.05, 4.69) is 85.4 Å². The van der Waals surface area contributed by atoms with Crippen LogP contribution in [0.15, 0.2) is 42.0 Å². The smallest absolute Gasteiger partial charge is 0.346 e. The second-order valence-corrected chi connectivity index (χ2v) is 24.4. The van der Waals surface area contributed by atoms with Gasteiger partial charge in [-0.25, -0.2) is 15.2 Å². The highest BCUT2D eigenvalue weighted by molar-refractivity contribution is 7.10. The summed E-state index contributed by atoms with van der Waals surface area (Å²) < 4.78 is 15.0. The second-order valence-electron chi connectivity index (χ2n) is 23.5. The fraction of sp³-hybridized carbons (Fsp3) is 0.596. The van der Waals surface area contributed by atoms with E-state index in [9.17, 15) is 24.4 Å². The zero-order valence-corrected chi connectivity index (χ0v) is 46.6. The number of aryl methyl sites for hydroxylation is 1. The predicted molar refractivity (Wildman–Crippen MR) is 295 cm³/mol. The molecule has 6 aliphatic rings. The van der Waals surface area contributed by atoms with Crippen LogP contribution in [0, 0.1) is 28.1 Å². The molecule has 2 aliphatic carbocycles. The first-order valence-electron chi connectivity index (χ1n) is 28.2. The molecule has 6 fully saturated rings. The van der Waals surface area contributed by atoms with E-state index in [-0.39, 0.29) is 54.0 Å². The largest absolute Gasteiger partial charge is 0.467 e. The molecule has 2 N–H and O–H groups in total. The molecule has 4 aromatic heterocycles. The van der Waals surface area contributed by atoms with E-state index in [1.165, 1.54) is 30.4 Å². The minimum absolute atomic E-state index is 0.0847. The second kappa shape index (κ2) is 22.4. The third kappa shape index (κ3) is 10.9. The molecule has 20 nitrogen and oxygen atoms in total. The molecule has 3 unspecified atom stereocenters. The number of amides is 3. The van der Waals surface area contributed by atoms with Crippen LogP contribution in [0.1, 0.15) is 107 Å². The zero-order chi connectivity index (χ0) is 54.3. The summed E-state index contributed by atoms with van der Waals surface area (Å²) in [6.07, 6.45) is 12.3. The Labute approximate surface area is 460 Å². The SMILES string of the molecule is CCn1c(-c2cc(N3CCN(C4CC4)CC3)cnc2C(C)OC)c(CC(C)(C)COC=O)c2cc(-c3csc(CC(NC(=O)C(C4CCCC4)N4CC5(CN(C(=O)n6cc(C#N)nn6)C5)C4)C(=O)N4CCCCN4)n3)ccc21. The van der Waals surface area contributed by atoms with Gasteiger partial charge < -0.3 is 29.2 Å². The number of methoxy groups -OCH3 is 1. The number of hydrazine groups is 1. The molecule has 1 spiro atoms. The van der Waals surface area contributed by atoms with Crippen molar-refractivity contribution in [3.8, 4) is 28.6 Å². The average molecular weight is 1080 g/mol. The molecule has 21 heteroatoms. The van der Waals surface area contributed by atoms with Crippen LogP contribution < -0.4 is 15.6 Å². The summed E-state index contributed by atoms with van der Waals surface area (Å²) in [6, 6.07) is 9.93. The third-order valence-electron chi connectivity index (χ3n) is 17.3. The van der Waals surface area contributed by atoms with Crippen LogP contribution in [-0.4, -0.2) is 171 Å². The maximum atomic E-state index is 14.9. The molecule has 3 atom stereocenters. The lowest BCUT2D eigenvalue weighted by Gasteiger charge is -2.61. The quantitative estimate of drug-likeness (QED) is 0.0903. The molecular formula is C57H74N14O6S. The van der Waals surface area contributed by atoms with Crippen molar-refractivity contribution < 1.29 is 28.7 Å². The van der Waals surface area contributed by atoms with Crippen molar-refractivity contribution in [3.63, 3.8) is 0 Å². The third-order valence-corrected chi connectivity index (χ3v) is 18.1. The number of thiazole rings is 1. The summed E-state index contributed by atoms with van der Waals surface area (Å²) in [4.78, 5) is 73.6. The van der Waals surface area contributed by atoms with Crippen molar-refractivity contribution in [2.75, 3.05) is 84.1 Å². The Kier molecular flexibility index (Phi) is 15.4. The van der Waals surface area contributed by atoms with Crippen molar-refractivity contribution >= 4 is 52.2 Å². The number of likely N-dealkylation sites (tertiary alicyclic amines) is 2. The monoisotopic (exact) mass is 1080 g/mol. The van der Waals surface area contributed by atoms with Crippen molar-refractivity contribution in [3.05, 3.63) is 64.0 Å². The fourth-order valence-corrected chi connectivity index (χ4v) is 13.9. The topological polar surface area (TPSA) is 212 Å². The van der Waals surface area contributed by atoms with Gasteiger partial charge in [0, 0.05) is 130 Å². The Bertz CT molecular complexity index is 3050. The number of carbonyl (C=O) groups excluding carboxylic acids is 4. The number of pyridine rings is 1. The van der Waals surface area contributed by atoms with Gasteiger partial charge in [0.25, 0.3) is 12.4 Å². The molecular weight excluding hydrogens is 1010 g/mol. The molecule has 3 amide bonds. The van der Waals surface area contributed by atoms with Crippen LogP contribution in [-0.2, 0) is 43.2 Å². The molecule has 4 aliphatic heterocycles. The Balaban J connectivity index is 0.877. The van der Waals surface area contributed by atoms with Gasteiger partial charge >= 0.3 is 6.03 Å². The minimum atomic E-state index is -0.847. The lowest BCUT2D eigenvalue weighted by molar-refractivity contribution is -0.151. The highest BCUT2D eigenvalue weighted by Crippen LogP contribution is 2.45. The normalized spacial score (nSPS) is 20.3. The van der Waals surface area contributed by atoms with E-state index in [0.717, 1.165) is 131 Å². The van der Waals surface area contributed by atoms with E-state index >= 15 is 0 Å². The number of benzene rings is 1. The summed E-state index contributed by atoms with van der Waals surface area (Å²) in [5, 5.41) is 25.6. The molecule has 11 rings (SSSR count). The minimum Gasteiger partial charge on any atom is -0.467 e. The molecule has 78 heavy (non-hydrogen) atoms. The van der Waals surface area contributed by atoms with E-state index in [4.69, 9.17) is 19.4 Å². The molecule has 0 bridgehead atoms. The highest BCUT2D eigenvalue weighted by atomic mass is 32.1. The van der Waals surface area contributed by atoms with Gasteiger partial charge in [0.15, 0.2) is 5.69 Å². The van der Waals surface area contributed by atoms with Crippen molar-refractivity contribution in [2.24, 2.45) is 16.7 Å². The maximum Gasteiger partial charge on any atom is 0.346 e. The first kappa shape index (κ1) is 53.7. The Hall–Kier alpha value is -6.31. The number of fused-ring (bicyclic) bond motifs is 1. The maximum absolute atomic E-state index is 14.9. The van der Waals surface area contributed by atoms with Gasteiger partial charge in [-0.3, -0.25) is 34.2 Å². The lowest BCUT2D eigenvalue weighted by Crippen LogP contribution is -2.76. The number of hydrogen-bond acceptors (Lipinski definition) is 16. The number of ether oxygens (including phenoxy) is 2. The van der Waals surface area contributed by atoms with E-state index in [0.29, 0.717) is 58.7 Å². The van der Waals surface area contributed by atoms with Crippen molar-refractivity contribution in [1.29, 1.82) is 5.26 Å². The summed E-state index contributed by atoms with van der Waals surface area (Å²) >= 11 is 1.49. The van der Waals surface area contributed by atoms with E-state index < -0.39 is 17.5 Å². The summed E-state index contributed by atoms with van der Waals surface area (Å²) in [5.41, 5.74) is 10.8. The number of piperazine rings is 1. The average Bonchev–Trinajstić information content (AvgIpc) is 3.85. The Morgan fingerprint density at radius 2 is 1.81 bits per heavy atom. The molecule has 1 aromatic carbocycles.